The third-order valence-electron chi connectivity index (χ3n) is 5.85. The number of rotatable bonds is 9. The molecule has 0 unspecified atom stereocenters. The van der Waals surface area contributed by atoms with Crippen molar-refractivity contribution in [1.82, 2.24) is 10.4 Å². The van der Waals surface area contributed by atoms with Crippen molar-refractivity contribution in [1.29, 1.82) is 5.26 Å². The lowest BCUT2D eigenvalue weighted by Gasteiger charge is -2.10. The van der Waals surface area contributed by atoms with Crippen LogP contribution < -0.4 is 15.5 Å². The predicted molar refractivity (Wildman–Crippen MR) is 159 cm³/mol. The van der Waals surface area contributed by atoms with Gasteiger partial charge in [0.1, 0.15) is 12.4 Å². The van der Waals surface area contributed by atoms with Gasteiger partial charge in [-0.05, 0) is 54.6 Å². The van der Waals surface area contributed by atoms with Crippen LogP contribution in [0.3, 0.4) is 0 Å². The summed E-state index contributed by atoms with van der Waals surface area (Å²) >= 11 is 7.44. The first-order chi connectivity index (χ1) is 19.6. The summed E-state index contributed by atoms with van der Waals surface area (Å²) in [4.78, 5) is 17.3. The summed E-state index contributed by atoms with van der Waals surface area (Å²) in [6.45, 7) is 0.241. The molecule has 1 amide bonds. The highest BCUT2D eigenvalue weighted by atomic mass is 35.5. The maximum absolute atomic E-state index is 12.7. The van der Waals surface area contributed by atoms with Crippen LogP contribution in [0.15, 0.2) is 108 Å². The van der Waals surface area contributed by atoms with Crippen molar-refractivity contribution < 1.29 is 9.53 Å². The van der Waals surface area contributed by atoms with Gasteiger partial charge in [-0.2, -0.15) is 10.4 Å². The van der Waals surface area contributed by atoms with Gasteiger partial charge < -0.3 is 10.1 Å². The Hall–Kier alpha value is -4.97. The number of nitrogens with one attached hydrogen (secondary N) is 2. The normalized spacial score (nSPS) is 10.7. The van der Waals surface area contributed by atoms with E-state index in [1.807, 2.05) is 84.2 Å². The van der Waals surface area contributed by atoms with Crippen LogP contribution in [0.2, 0.25) is 5.02 Å². The number of ether oxygens (including phenoxy) is 1. The second-order valence-corrected chi connectivity index (χ2v) is 9.84. The minimum atomic E-state index is -0.340. The van der Waals surface area contributed by atoms with E-state index in [4.69, 9.17) is 16.3 Å². The molecule has 0 fully saturated rings. The first kappa shape index (κ1) is 26.6. The molecule has 1 heterocycles. The number of nitriles is 1. The number of anilines is 2. The number of hydrogen-bond donors (Lipinski definition) is 2. The van der Waals surface area contributed by atoms with Crippen molar-refractivity contribution >= 4 is 45.9 Å². The standard InChI is InChI=1S/C31H22ClN5O2S/c32-26-13-15-27(16-14-26)35-31-36-28(20-40-31)21-9-11-22(12-10-21)30(38)37-34-18-24-6-3-4-8-29(24)39-19-25-7-2-1-5-23(25)17-33/h1-16,18,20H,19H2,(H,35,36)(H,37,38)/b34-18-. The molecule has 0 bridgehead atoms. The van der Waals surface area contributed by atoms with Gasteiger partial charge in [-0.25, -0.2) is 10.4 Å². The SMILES string of the molecule is N#Cc1ccccc1COc1ccccc1/C=N\NC(=O)c1ccc(-c2csc(Nc3ccc(Cl)cc3)n2)cc1. The molecule has 5 rings (SSSR count). The molecule has 0 spiro atoms. The van der Waals surface area contributed by atoms with E-state index in [1.165, 1.54) is 17.6 Å². The fraction of sp³-hybridized carbons (Fsp3) is 0.0323. The van der Waals surface area contributed by atoms with Crippen LogP contribution in [0, 0.1) is 11.3 Å². The number of hydrogen-bond acceptors (Lipinski definition) is 7. The minimum absolute atomic E-state index is 0.241. The molecule has 0 saturated heterocycles. The molecule has 0 saturated carbocycles. The van der Waals surface area contributed by atoms with Gasteiger partial charge in [0.2, 0.25) is 0 Å². The summed E-state index contributed by atoms with van der Waals surface area (Å²) in [6, 6.07) is 31.4. The summed E-state index contributed by atoms with van der Waals surface area (Å²) in [5.74, 6) is 0.248. The summed E-state index contributed by atoms with van der Waals surface area (Å²) in [6.07, 6.45) is 1.53. The van der Waals surface area contributed by atoms with Gasteiger partial charge in [-0.15, -0.1) is 11.3 Å². The number of benzene rings is 4. The van der Waals surface area contributed by atoms with Crippen molar-refractivity contribution in [2.24, 2.45) is 5.10 Å². The molecule has 0 atom stereocenters. The first-order valence-corrected chi connectivity index (χ1v) is 13.5. The van der Waals surface area contributed by atoms with E-state index < -0.39 is 0 Å². The number of nitrogens with zero attached hydrogens (tertiary/aromatic N) is 3. The molecule has 9 heteroatoms. The average Bonchev–Trinajstić information content (AvgIpc) is 3.46. The van der Waals surface area contributed by atoms with Gasteiger partial charge in [-0.3, -0.25) is 4.79 Å². The zero-order chi connectivity index (χ0) is 27.7. The van der Waals surface area contributed by atoms with Crippen molar-refractivity contribution in [3.05, 3.63) is 130 Å². The van der Waals surface area contributed by atoms with E-state index in [-0.39, 0.29) is 12.5 Å². The van der Waals surface area contributed by atoms with E-state index >= 15 is 0 Å². The summed E-state index contributed by atoms with van der Waals surface area (Å²) in [5.41, 5.74) is 7.68. The molecule has 0 aliphatic carbocycles. The molecule has 7 nitrogen and oxygen atoms in total. The number of amides is 1. The Morgan fingerprint density at radius 2 is 1.75 bits per heavy atom. The maximum atomic E-state index is 12.7. The van der Waals surface area contributed by atoms with Crippen LogP contribution in [-0.2, 0) is 6.61 Å². The lowest BCUT2D eigenvalue weighted by Crippen LogP contribution is -2.17. The van der Waals surface area contributed by atoms with Crippen molar-refractivity contribution in [2.75, 3.05) is 5.32 Å². The number of carbonyl (C=O) groups is 1. The lowest BCUT2D eigenvalue weighted by atomic mass is 10.1. The topological polar surface area (TPSA) is 99.4 Å². The van der Waals surface area contributed by atoms with Gasteiger partial charge in [0.05, 0.1) is 23.5 Å². The molecule has 0 aliphatic rings. The molecule has 4 aromatic carbocycles. The summed E-state index contributed by atoms with van der Waals surface area (Å²) in [7, 11) is 0. The highest BCUT2D eigenvalue weighted by Crippen LogP contribution is 2.28. The van der Waals surface area contributed by atoms with E-state index in [0.29, 0.717) is 27.5 Å². The molecule has 0 aliphatic heterocycles. The Morgan fingerprint density at radius 1 is 1.00 bits per heavy atom. The van der Waals surface area contributed by atoms with Crippen LogP contribution in [0.25, 0.3) is 11.3 Å². The quantitative estimate of drug-likeness (QED) is 0.143. The van der Waals surface area contributed by atoms with E-state index in [1.54, 1.807) is 18.2 Å². The highest BCUT2D eigenvalue weighted by molar-refractivity contribution is 7.14. The third-order valence-corrected chi connectivity index (χ3v) is 6.86. The van der Waals surface area contributed by atoms with Crippen LogP contribution in [0.1, 0.15) is 27.0 Å². The fourth-order valence-corrected chi connectivity index (χ4v) is 4.63. The molecule has 196 valence electrons. The van der Waals surface area contributed by atoms with Crippen LogP contribution in [0.4, 0.5) is 10.8 Å². The van der Waals surface area contributed by atoms with Crippen molar-refractivity contribution in [3.8, 4) is 23.1 Å². The van der Waals surface area contributed by atoms with E-state index in [0.717, 1.165) is 27.6 Å². The Bertz CT molecular complexity index is 1690. The Labute approximate surface area is 240 Å². The van der Waals surface area contributed by atoms with Crippen LogP contribution in [-0.4, -0.2) is 17.1 Å². The van der Waals surface area contributed by atoms with Crippen molar-refractivity contribution in [3.63, 3.8) is 0 Å². The van der Waals surface area contributed by atoms with Gasteiger partial charge >= 0.3 is 0 Å². The lowest BCUT2D eigenvalue weighted by molar-refractivity contribution is 0.0955. The molecule has 0 radical (unpaired) electrons. The first-order valence-electron chi connectivity index (χ1n) is 12.2. The molecular formula is C31H22ClN5O2S. The Balaban J connectivity index is 1.18. The van der Waals surface area contributed by atoms with E-state index in [2.05, 4.69) is 26.9 Å². The van der Waals surface area contributed by atoms with E-state index in [9.17, 15) is 10.1 Å². The Kier molecular flexibility index (Phi) is 8.47. The van der Waals surface area contributed by atoms with Gasteiger partial charge in [0, 0.05) is 38.3 Å². The average molecular weight is 564 g/mol. The number of thiazole rings is 1. The Morgan fingerprint density at radius 3 is 2.55 bits per heavy atom. The second kappa shape index (κ2) is 12.7. The van der Waals surface area contributed by atoms with Gasteiger partial charge in [0.15, 0.2) is 5.13 Å². The summed E-state index contributed by atoms with van der Waals surface area (Å²) in [5, 5.41) is 20.0. The number of carbonyl (C=O) groups excluding carboxylic acids is 1. The van der Waals surface area contributed by atoms with Crippen LogP contribution >= 0.6 is 22.9 Å². The number of hydrazone groups is 1. The van der Waals surface area contributed by atoms with Crippen LogP contribution in [0.5, 0.6) is 5.75 Å². The number of para-hydroxylation sites is 1. The molecular weight excluding hydrogens is 542 g/mol. The minimum Gasteiger partial charge on any atom is -0.488 e. The molecule has 1 aromatic heterocycles. The maximum Gasteiger partial charge on any atom is 0.271 e. The monoisotopic (exact) mass is 563 g/mol. The zero-order valence-corrected chi connectivity index (χ0v) is 22.6. The zero-order valence-electron chi connectivity index (χ0n) is 21.0. The number of halogens is 1. The largest absolute Gasteiger partial charge is 0.488 e. The molecule has 5 aromatic rings. The summed E-state index contributed by atoms with van der Waals surface area (Å²) < 4.78 is 5.93. The second-order valence-electron chi connectivity index (χ2n) is 8.54. The number of aromatic nitrogens is 1. The molecule has 40 heavy (non-hydrogen) atoms. The smallest absolute Gasteiger partial charge is 0.271 e. The van der Waals surface area contributed by atoms with Gasteiger partial charge in [-0.1, -0.05) is 54.1 Å². The van der Waals surface area contributed by atoms with Crippen molar-refractivity contribution in [2.45, 2.75) is 6.61 Å². The molecule has 2 N–H and O–H groups in total. The van der Waals surface area contributed by atoms with Gasteiger partial charge in [0.25, 0.3) is 5.91 Å². The predicted octanol–water partition coefficient (Wildman–Crippen LogP) is 7.42. The highest BCUT2D eigenvalue weighted by Gasteiger charge is 2.09. The third kappa shape index (κ3) is 6.72. The fourth-order valence-electron chi connectivity index (χ4n) is 3.77.